The smallest absolute Gasteiger partial charge is 0.351 e. The monoisotopic (exact) mass is 438 g/mol. The number of amides is 2. The third-order valence-electron chi connectivity index (χ3n) is 4.98. The first-order valence-corrected chi connectivity index (χ1v) is 9.96. The second-order valence-corrected chi connectivity index (χ2v) is 8.02. The van der Waals surface area contributed by atoms with E-state index in [0.29, 0.717) is 47.7 Å². The van der Waals surface area contributed by atoms with Crippen molar-refractivity contribution in [3.8, 4) is 0 Å². The molecular formula is C19H17F3N4O3S. The maximum Gasteiger partial charge on any atom is 0.433 e. The van der Waals surface area contributed by atoms with E-state index in [9.17, 15) is 22.8 Å². The Bertz CT molecular complexity index is 1130. The zero-order valence-electron chi connectivity index (χ0n) is 16.1. The molecule has 158 valence electrons. The number of alkyl halides is 3. The number of carbonyl (C=O) groups is 2. The highest BCUT2D eigenvalue weighted by Gasteiger charge is 2.34. The molecule has 0 unspecified atom stereocenters. The van der Waals surface area contributed by atoms with Gasteiger partial charge >= 0.3 is 6.18 Å². The molecule has 0 atom stereocenters. The zero-order chi connectivity index (χ0) is 21.6. The molecule has 0 saturated carbocycles. The number of nitrogens with zero attached hydrogens (tertiary/aromatic N) is 4. The minimum Gasteiger partial charge on any atom is -0.351 e. The number of halogens is 3. The van der Waals surface area contributed by atoms with Crippen molar-refractivity contribution in [2.24, 2.45) is 0 Å². The highest BCUT2D eigenvalue weighted by molar-refractivity contribution is 7.20. The van der Waals surface area contributed by atoms with Gasteiger partial charge in [0.1, 0.15) is 10.5 Å². The van der Waals surface area contributed by atoms with Gasteiger partial charge in [-0.25, -0.2) is 4.98 Å². The number of hydrogen-bond acceptors (Lipinski definition) is 6. The summed E-state index contributed by atoms with van der Waals surface area (Å²) in [5, 5.41) is 4.24. The first kappa shape index (κ1) is 20.3. The highest BCUT2D eigenvalue weighted by atomic mass is 32.1. The number of aromatic nitrogens is 2. The number of thiophene rings is 1. The third-order valence-corrected chi connectivity index (χ3v) is 6.17. The number of piperazine rings is 1. The fourth-order valence-electron chi connectivity index (χ4n) is 3.34. The molecule has 0 radical (unpaired) electrons. The molecule has 4 rings (SSSR count). The standard InChI is InChI=1S/C19H17F3N4O3S/c1-10-9-13(29-24-10)17(27)25-5-7-26(8-6-25)18(28)15-11(2)12-3-4-14(19(20,21)22)23-16(12)30-15/h3-4,9H,5-8H2,1-2H3. The summed E-state index contributed by atoms with van der Waals surface area (Å²) in [7, 11) is 0. The molecule has 11 heteroatoms. The molecule has 0 N–H and O–H groups in total. The van der Waals surface area contributed by atoms with Crippen LogP contribution >= 0.6 is 11.3 Å². The van der Waals surface area contributed by atoms with Gasteiger partial charge in [0.15, 0.2) is 0 Å². The minimum absolute atomic E-state index is 0.152. The normalized spacial score (nSPS) is 15.1. The average molecular weight is 438 g/mol. The quantitative estimate of drug-likeness (QED) is 0.612. The van der Waals surface area contributed by atoms with Crippen LogP contribution in [-0.2, 0) is 6.18 Å². The summed E-state index contributed by atoms with van der Waals surface area (Å²) >= 11 is 0.957. The van der Waals surface area contributed by atoms with E-state index in [1.165, 1.54) is 6.07 Å². The van der Waals surface area contributed by atoms with Gasteiger partial charge in [0.05, 0.1) is 10.6 Å². The molecule has 3 aromatic rings. The molecule has 2 amide bonds. The Morgan fingerprint density at radius 1 is 1.07 bits per heavy atom. The van der Waals surface area contributed by atoms with Gasteiger partial charge in [-0.3, -0.25) is 9.59 Å². The lowest BCUT2D eigenvalue weighted by atomic mass is 10.1. The Morgan fingerprint density at radius 2 is 1.70 bits per heavy atom. The van der Waals surface area contributed by atoms with Crippen molar-refractivity contribution < 1.29 is 27.3 Å². The lowest BCUT2D eigenvalue weighted by Crippen LogP contribution is -2.50. The number of hydrogen-bond donors (Lipinski definition) is 0. The van der Waals surface area contributed by atoms with Crippen molar-refractivity contribution >= 4 is 33.4 Å². The van der Waals surface area contributed by atoms with Crippen LogP contribution in [0.1, 0.15) is 37.2 Å². The van der Waals surface area contributed by atoms with Crippen LogP contribution in [0.15, 0.2) is 22.7 Å². The summed E-state index contributed by atoms with van der Waals surface area (Å²) in [5.41, 5.74) is 0.233. The molecule has 0 spiro atoms. The van der Waals surface area contributed by atoms with E-state index < -0.39 is 11.9 Å². The van der Waals surface area contributed by atoms with Gasteiger partial charge in [-0.1, -0.05) is 5.16 Å². The van der Waals surface area contributed by atoms with Crippen molar-refractivity contribution in [3.05, 3.63) is 45.8 Å². The van der Waals surface area contributed by atoms with E-state index in [1.807, 2.05) is 0 Å². The molecule has 7 nitrogen and oxygen atoms in total. The largest absolute Gasteiger partial charge is 0.433 e. The highest BCUT2D eigenvalue weighted by Crippen LogP contribution is 2.34. The van der Waals surface area contributed by atoms with Crippen molar-refractivity contribution in [3.63, 3.8) is 0 Å². The molecule has 30 heavy (non-hydrogen) atoms. The van der Waals surface area contributed by atoms with Crippen LogP contribution in [0.3, 0.4) is 0 Å². The van der Waals surface area contributed by atoms with Crippen molar-refractivity contribution in [2.45, 2.75) is 20.0 Å². The number of carbonyl (C=O) groups excluding carboxylic acids is 2. The van der Waals surface area contributed by atoms with E-state index >= 15 is 0 Å². The number of aryl methyl sites for hydroxylation is 2. The Hall–Kier alpha value is -2.95. The summed E-state index contributed by atoms with van der Waals surface area (Å²) in [6.07, 6.45) is -4.54. The van der Waals surface area contributed by atoms with E-state index in [4.69, 9.17) is 4.52 Å². The summed E-state index contributed by atoms with van der Waals surface area (Å²) in [5.74, 6) is -0.407. The molecule has 1 fully saturated rings. The van der Waals surface area contributed by atoms with Crippen LogP contribution < -0.4 is 0 Å². The second-order valence-electron chi connectivity index (χ2n) is 7.02. The summed E-state index contributed by atoms with van der Waals surface area (Å²) in [4.78, 5) is 32.8. The van der Waals surface area contributed by atoms with Gasteiger partial charge in [0, 0.05) is 37.6 Å². The van der Waals surface area contributed by atoms with E-state index in [-0.39, 0.29) is 22.4 Å². The van der Waals surface area contributed by atoms with Crippen LogP contribution in [0.2, 0.25) is 0 Å². The molecule has 1 aliphatic heterocycles. The van der Waals surface area contributed by atoms with Crippen LogP contribution in [0.5, 0.6) is 0 Å². The molecule has 0 aromatic carbocycles. The summed E-state index contributed by atoms with van der Waals surface area (Å²) in [6.45, 7) is 4.69. The Kier molecular flexibility index (Phi) is 5.00. The van der Waals surface area contributed by atoms with Gasteiger partial charge in [-0.05, 0) is 31.5 Å². The second kappa shape index (κ2) is 7.38. The van der Waals surface area contributed by atoms with E-state index in [0.717, 1.165) is 17.4 Å². The van der Waals surface area contributed by atoms with Crippen LogP contribution in [0.4, 0.5) is 13.2 Å². The van der Waals surface area contributed by atoms with Crippen molar-refractivity contribution in [2.75, 3.05) is 26.2 Å². The predicted molar refractivity (Wildman–Crippen MR) is 102 cm³/mol. The number of fused-ring (bicyclic) bond motifs is 1. The molecule has 4 heterocycles. The maximum atomic E-state index is 13.0. The average Bonchev–Trinajstić information content (AvgIpc) is 3.29. The molecule has 0 aliphatic carbocycles. The SMILES string of the molecule is Cc1cc(C(=O)N2CCN(C(=O)c3sc4nc(C(F)(F)F)ccc4c3C)CC2)on1. The first-order valence-electron chi connectivity index (χ1n) is 9.14. The fourth-order valence-corrected chi connectivity index (χ4v) is 4.49. The van der Waals surface area contributed by atoms with Gasteiger partial charge in [-0.2, -0.15) is 13.2 Å². The Labute approximate surface area is 173 Å². The first-order chi connectivity index (χ1) is 14.1. The lowest BCUT2D eigenvalue weighted by Gasteiger charge is -2.34. The van der Waals surface area contributed by atoms with Gasteiger partial charge in [0.25, 0.3) is 11.8 Å². The predicted octanol–water partition coefficient (Wildman–Crippen LogP) is 3.52. The van der Waals surface area contributed by atoms with Crippen LogP contribution in [0.25, 0.3) is 10.2 Å². The molecule has 3 aromatic heterocycles. The van der Waals surface area contributed by atoms with Gasteiger partial charge in [0.2, 0.25) is 5.76 Å². The number of pyridine rings is 1. The third kappa shape index (κ3) is 3.64. The van der Waals surface area contributed by atoms with Crippen molar-refractivity contribution in [1.82, 2.24) is 19.9 Å². The molecule has 1 aliphatic rings. The summed E-state index contributed by atoms with van der Waals surface area (Å²) < 4.78 is 43.8. The van der Waals surface area contributed by atoms with Crippen LogP contribution in [0, 0.1) is 13.8 Å². The fraction of sp³-hybridized carbons (Fsp3) is 0.368. The van der Waals surface area contributed by atoms with Crippen LogP contribution in [-0.4, -0.2) is 57.9 Å². The van der Waals surface area contributed by atoms with Gasteiger partial charge < -0.3 is 14.3 Å². The lowest BCUT2D eigenvalue weighted by molar-refractivity contribution is -0.140. The maximum absolute atomic E-state index is 13.0. The Morgan fingerprint density at radius 3 is 2.27 bits per heavy atom. The number of rotatable bonds is 2. The van der Waals surface area contributed by atoms with Gasteiger partial charge in [-0.15, -0.1) is 11.3 Å². The van der Waals surface area contributed by atoms with E-state index in [1.54, 1.807) is 29.7 Å². The Balaban J connectivity index is 1.49. The van der Waals surface area contributed by atoms with Crippen molar-refractivity contribution in [1.29, 1.82) is 0 Å². The topological polar surface area (TPSA) is 79.5 Å². The minimum atomic E-state index is -4.54. The molecule has 0 bridgehead atoms. The zero-order valence-corrected chi connectivity index (χ0v) is 16.9. The molecule has 1 saturated heterocycles. The molecular weight excluding hydrogens is 421 g/mol. The summed E-state index contributed by atoms with van der Waals surface area (Å²) in [6, 6.07) is 3.83. The van der Waals surface area contributed by atoms with E-state index in [2.05, 4.69) is 10.1 Å².